The number of anilines is 1. The molecule has 0 aliphatic carbocycles. The molecule has 1 amide bonds. The van der Waals surface area contributed by atoms with Gasteiger partial charge >= 0.3 is 0 Å². The molecule has 2 heterocycles. The Hall–Kier alpha value is -2.97. The van der Waals surface area contributed by atoms with E-state index in [1.165, 1.54) is 23.7 Å². The number of furan rings is 1. The maximum absolute atomic E-state index is 13.3. The number of benzene rings is 2. The molecule has 0 aliphatic heterocycles. The number of hydrogen-bond acceptors (Lipinski definition) is 6. The molecule has 31 heavy (non-hydrogen) atoms. The highest BCUT2D eigenvalue weighted by atomic mass is 32.2. The van der Waals surface area contributed by atoms with Crippen molar-refractivity contribution in [1.29, 1.82) is 0 Å². The first-order chi connectivity index (χ1) is 14.7. The quantitative estimate of drug-likeness (QED) is 0.422. The zero-order valence-electron chi connectivity index (χ0n) is 17.5. The maximum atomic E-state index is 13.3. The third-order valence-corrected chi connectivity index (χ3v) is 7.19. The van der Waals surface area contributed by atoms with E-state index in [-0.39, 0.29) is 23.8 Å². The van der Waals surface area contributed by atoms with Crippen molar-refractivity contribution in [1.82, 2.24) is 4.98 Å². The van der Waals surface area contributed by atoms with Gasteiger partial charge in [-0.25, -0.2) is 13.4 Å². The van der Waals surface area contributed by atoms with E-state index >= 15 is 0 Å². The van der Waals surface area contributed by atoms with E-state index in [0.717, 1.165) is 16.7 Å². The molecule has 0 saturated heterocycles. The molecule has 2 aromatic heterocycles. The summed E-state index contributed by atoms with van der Waals surface area (Å²) >= 11 is 1.29. The number of fused-ring (bicyclic) bond motifs is 1. The Labute approximate surface area is 185 Å². The minimum Gasteiger partial charge on any atom is -0.467 e. The van der Waals surface area contributed by atoms with E-state index in [9.17, 15) is 13.2 Å². The number of aryl methyl sites for hydroxylation is 2. The molecule has 0 atom stereocenters. The highest BCUT2D eigenvalue weighted by Gasteiger charge is 2.22. The van der Waals surface area contributed by atoms with Crippen molar-refractivity contribution < 1.29 is 17.6 Å². The van der Waals surface area contributed by atoms with Gasteiger partial charge in [0, 0.05) is 6.26 Å². The lowest BCUT2D eigenvalue weighted by Crippen LogP contribution is -2.31. The first-order valence-corrected chi connectivity index (χ1v) is 12.4. The summed E-state index contributed by atoms with van der Waals surface area (Å²) in [6, 6.07) is 14.4. The minimum absolute atomic E-state index is 0.106. The van der Waals surface area contributed by atoms with Crippen LogP contribution in [0.2, 0.25) is 0 Å². The van der Waals surface area contributed by atoms with Crippen molar-refractivity contribution in [2.75, 3.05) is 11.2 Å². The van der Waals surface area contributed by atoms with Gasteiger partial charge in [-0.2, -0.15) is 0 Å². The van der Waals surface area contributed by atoms with Crippen LogP contribution in [0.3, 0.4) is 0 Å². The van der Waals surface area contributed by atoms with Gasteiger partial charge in [0.25, 0.3) is 0 Å². The molecule has 160 valence electrons. The van der Waals surface area contributed by atoms with Crippen molar-refractivity contribution in [2.24, 2.45) is 0 Å². The number of carbonyl (C=O) groups is 1. The SMILES string of the molecule is Cc1ccc(CC(=O)N(Cc2ccco2)c2nc3ccc(S(C)(=O)=O)cc3s2)c(C)c1. The first kappa shape index (κ1) is 21.3. The van der Waals surface area contributed by atoms with Crippen molar-refractivity contribution in [3.8, 4) is 0 Å². The van der Waals surface area contributed by atoms with Crippen LogP contribution in [0.15, 0.2) is 64.1 Å². The molecule has 0 unspecified atom stereocenters. The molecule has 0 N–H and O–H groups in total. The average molecular weight is 455 g/mol. The zero-order chi connectivity index (χ0) is 22.2. The van der Waals surface area contributed by atoms with E-state index in [2.05, 4.69) is 11.1 Å². The first-order valence-electron chi connectivity index (χ1n) is 9.70. The number of nitrogens with zero attached hydrogens (tertiary/aromatic N) is 2. The molecule has 4 rings (SSSR count). The second kappa shape index (κ2) is 8.28. The lowest BCUT2D eigenvalue weighted by Gasteiger charge is -2.19. The van der Waals surface area contributed by atoms with Crippen molar-refractivity contribution in [2.45, 2.75) is 31.7 Å². The van der Waals surface area contributed by atoms with Gasteiger partial charge in [0.15, 0.2) is 15.0 Å². The summed E-state index contributed by atoms with van der Waals surface area (Å²) in [5.74, 6) is 0.538. The fraction of sp³-hybridized carbons (Fsp3) is 0.217. The van der Waals surface area contributed by atoms with Crippen LogP contribution in [0.4, 0.5) is 5.13 Å². The van der Waals surface area contributed by atoms with Crippen molar-refractivity contribution in [3.63, 3.8) is 0 Å². The second-order valence-electron chi connectivity index (χ2n) is 7.56. The predicted molar refractivity (Wildman–Crippen MR) is 122 cm³/mol. The lowest BCUT2D eigenvalue weighted by atomic mass is 10.0. The monoisotopic (exact) mass is 454 g/mol. The van der Waals surface area contributed by atoms with Gasteiger partial charge in [-0.3, -0.25) is 9.69 Å². The molecular weight excluding hydrogens is 432 g/mol. The summed E-state index contributed by atoms with van der Waals surface area (Å²) in [7, 11) is -3.33. The van der Waals surface area contributed by atoms with Gasteiger partial charge in [-0.15, -0.1) is 0 Å². The summed E-state index contributed by atoms with van der Waals surface area (Å²) in [5, 5.41) is 0.506. The van der Waals surface area contributed by atoms with Gasteiger partial charge in [0.2, 0.25) is 5.91 Å². The van der Waals surface area contributed by atoms with E-state index in [0.29, 0.717) is 21.1 Å². The lowest BCUT2D eigenvalue weighted by molar-refractivity contribution is -0.118. The van der Waals surface area contributed by atoms with Crippen LogP contribution in [-0.2, 0) is 27.6 Å². The van der Waals surface area contributed by atoms with E-state index in [4.69, 9.17) is 4.42 Å². The molecule has 0 bridgehead atoms. The highest BCUT2D eigenvalue weighted by Crippen LogP contribution is 2.32. The zero-order valence-corrected chi connectivity index (χ0v) is 19.1. The Kier molecular flexibility index (Phi) is 5.68. The van der Waals surface area contributed by atoms with E-state index < -0.39 is 9.84 Å². The molecular formula is C23H22N2O4S2. The molecule has 0 fully saturated rings. The number of aromatic nitrogens is 1. The van der Waals surface area contributed by atoms with Gasteiger partial charge in [-0.1, -0.05) is 35.1 Å². The molecule has 0 radical (unpaired) electrons. The highest BCUT2D eigenvalue weighted by molar-refractivity contribution is 7.90. The smallest absolute Gasteiger partial charge is 0.233 e. The summed E-state index contributed by atoms with van der Waals surface area (Å²) in [6.45, 7) is 4.26. The largest absolute Gasteiger partial charge is 0.467 e. The maximum Gasteiger partial charge on any atom is 0.233 e. The summed E-state index contributed by atoms with van der Waals surface area (Å²) < 4.78 is 30.0. The van der Waals surface area contributed by atoms with Crippen molar-refractivity contribution in [3.05, 3.63) is 77.2 Å². The number of carbonyl (C=O) groups excluding carboxylic acids is 1. The van der Waals surface area contributed by atoms with E-state index in [1.54, 1.807) is 29.4 Å². The molecule has 6 nitrogen and oxygen atoms in total. The van der Waals surface area contributed by atoms with Gasteiger partial charge in [0.05, 0.1) is 34.3 Å². The van der Waals surface area contributed by atoms with E-state index in [1.807, 2.05) is 32.0 Å². The Morgan fingerprint density at radius 3 is 2.61 bits per heavy atom. The molecule has 4 aromatic rings. The van der Waals surface area contributed by atoms with Crippen LogP contribution in [0, 0.1) is 13.8 Å². The van der Waals surface area contributed by atoms with Crippen LogP contribution >= 0.6 is 11.3 Å². The summed E-state index contributed by atoms with van der Waals surface area (Å²) in [4.78, 5) is 19.8. The van der Waals surface area contributed by atoms with Crippen LogP contribution in [0.1, 0.15) is 22.5 Å². The Bertz CT molecular complexity index is 1360. The van der Waals surface area contributed by atoms with Crippen molar-refractivity contribution >= 4 is 42.4 Å². The predicted octanol–water partition coefficient (Wildman–Crippen LogP) is 4.69. The molecule has 8 heteroatoms. The number of thiazole rings is 1. The molecule has 0 spiro atoms. The van der Waals surface area contributed by atoms with Crippen LogP contribution in [0.5, 0.6) is 0 Å². The molecule has 2 aromatic carbocycles. The number of amides is 1. The fourth-order valence-electron chi connectivity index (χ4n) is 3.36. The minimum atomic E-state index is -3.33. The van der Waals surface area contributed by atoms with Gasteiger partial charge < -0.3 is 4.42 Å². The molecule has 0 aliphatic rings. The normalized spacial score (nSPS) is 11.7. The Balaban J connectivity index is 1.71. The van der Waals surface area contributed by atoms with Crippen LogP contribution < -0.4 is 4.90 Å². The van der Waals surface area contributed by atoms with Crippen LogP contribution in [0.25, 0.3) is 10.2 Å². The Morgan fingerprint density at radius 2 is 1.94 bits per heavy atom. The molecule has 0 saturated carbocycles. The fourth-order valence-corrected chi connectivity index (χ4v) is 5.11. The van der Waals surface area contributed by atoms with Crippen LogP contribution in [-0.4, -0.2) is 25.6 Å². The van der Waals surface area contributed by atoms with Gasteiger partial charge in [0.1, 0.15) is 5.76 Å². The number of rotatable bonds is 6. The van der Waals surface area contributed by atoms with Gasteiger partial charge in [-0.05, 0) is 55.3 Å². The second-order valence-corrected chi connectivity index (χ2v) is 10.6. The summed E-state index contributed by atoms with van der Waals surface area (Å²) in [6.07, 6.45) is 2.98. The number of sulfone groups is 1. The summed E-state index contributed by atoms with van der Waals surface area (Å²) in [5.41, 5.74) is 3.82. The topological polar surface area (TPSA) is 80.5 Å². The Morgan fingerprint density at radius 1 is 1.13 bits per heavy atom. The average Bonchev–Trinajstić information content (AvgIpc) is 3.36. The third-order valence-electron chi connectivity index (χ3n) is 5.04. The standard InChI is InChI=1S/C23H22N2O4S2/c1-15-6-7-17(16(2)11-15)12-22(26)25(14-18-5-4-10-29-18)23-24-20-9-8-19(31(3,27)28)13-21(20)30-23/h4-11,13H,12,14H2,1-3H3. The number of hydrogen-bond donors (Lipinski definition) is 0. The third kappa shape index (κ3) is 4.70.